The van der Waals surface area contributed by atoms with Crippen LogP contribution in [-0.4, -0.2) is 47.4 Å². The molecule has 1 aliphatic heterocycles. The Morgan fingerprint density at radius 2 is 1.90 bits per heavy atom. The van der Waals surface area contributed by atoms with Crippen LogP contribution < -0.4 is 10.6 Å². The van der Waals surface area contributed by atoms with Crippen LogP contribution in [0.25, 0.3) is 0 Å². The molecule has 0 saturated carbocycles. The maximum Gasteiger partial charge on any atom is 0.257 e. The highest BCUT2D eigenvalue weighted by Crippen LogP contribution is 2.26. The van der Waals surface area contributed by atoms with Crippen LogP contribution in [0.1, 0.15) is 46.9 Å². The smallest absolute Gasteiger partial charge is 0.257 e. The Morgan fingerprint density at radius 3 is 2.63 bits per heavy atom. The van der Waals surface area contributed by atoms with Gasteiger partial charge < -0.3 is 20.6 Å². The first-order valence-corrected chi connectivity index (χ1v) is 10.2. The van der Waals surface area contributed by atoms with Gasteiger partial charge in [0.05, 0.1) is 5.56 Å². The molecule has 0 radical (unpaired) electrons. The van der Waals surface area contributed by atoms with Crippen LogP contribution in [0.4, 0.5) is 5.69 Å². The lowest BCUT2D eigenvalue weighted by Crippen LogP contribution is -2.43. The number of phenols is 1. The molecule has 1 fully saturated rings. The predicted molar refractivity (Wildman–Crippen MR) is 114 cm³/mol. The molecule has 1 atom stereocenters. The number of phenolic OH excluding ortho intramolecular Hbond substituents is 1. The molecule has 1 unspecified atom stereocenters. The standard InChI is InChI=1S/C23H27N3O4/c1-2-21(28)25-18-10-11-20(27)19(13-18)23(30)26-12-6-7-16(15-26)14-24-22(29)17-8-4-3-5-9-17/h3-5,8-11,13,16,27H,2,6-7,12,14-15H2,1H3,(H,24,29)(H,25,28). The minimum absolute atomic E-state index is 0.117. The van der Waals surface area contributed by atoms with Crippen LogP contribution in [-0.2, 0) is 4.79 Å². The monoisotopic (exact) mass is 409 g/mol. The van der Waals surface area contributed by atoms with E-state index in [9.17, 15) is 19.5 Å². The zero-order valence-electron chi connectivity index (χ0n) is 17.1. The molecule has 0 spiro atoms. The number of hydrogen-bond acceptors (Lipinski definition) is 4. The Kier molecular flexibility index (Phi) is 7.06. The fraction of sp³-hybridized carbons (Fsp3) is 0.348. The van der Waals surface area contributed by atoms with Crippen molar-refractivity contribution in [1.82, 2.24) is 10.2 Å². The minimum Gasteiger partial charge on any atom is -0.507 e. The summed E-state index contributed by atoms with van der Waals surface area (Å²) in [7, 11) is 0. The lowest BCUT2D eigenvalue weighted by Gasteiger charge is -2.33. The highest BCUT2D eigenvalue weighted by molar-refractivity contribution is 5.99. The normalized spacial score (nSPS) is 16.0. The first-order chi connectivity index (χ1) is 14.5. The molecule has 1 aliphatic rings. The van der Waals surface area contributed by atoms with Gasteiger partial charge in [0.2, 0.25) is 5.91 Å². The lowest BCUT2D eigenvalue weighted by atomic mass is 9.97. The van der Waals surface area contributed by atoms with Gasteiger partial charge in [0.1, 0.15) is 5.75 Å². The molecule has 7 nitrogen and oxygen atoms in total. The van der Waals surface area contributed by atoms with Gasteiger partial charge in [0.25, 0.3) is 11.8 Å². The van der Waals surface area contributed by atoms with Crippen molar-refractivity contribution in [3.05, 3.63) is 59.7 Å². The Labute approximate surface area is 176 Å². The Balaban J connectivity index is 1.62. The third kappa shape index (κ3) is 5.37. The van der Waals surface area contributed by atoms with E-state index in [0.717, 1.165) is 12.8 Å². The predicted octanol–water partition coefficient (Wildman–Crippen LogP) is 3.02. The van der Waals surface area contributed by atoms with E-state index >= 15 is 0 Å². The molecule has 2 aromatic carbocycles. The Bertz CT molecular complexity index is 914. The van der Waals surface area contributed by atoms with Crippen molar-refractivity contribution in [3.8, 4) is 5.75 Å². The summed E-state index contributed by atoms with van der Waals surface area (Å²) in [5, 5.41) is 15.8. The maximum atomic E-state index is 13.0. The van der Waals surface area contributed by atoms with E-state index in [-0.39, 0.29) is 35.0 Å². The molecule has 3 rings (SSSR count). The number of amides is 3. The SMILES string of the molecule is CCC(=O)Nc1ccc(O)c(C(=O)N2CCCC(CNC(=O)c3ccccc3)C2)c1. The maximum absolute atomic E-state index is 13.0. The molecule has 0 bridgehead atoms. The largest absolute Gasteiger partial charge is 0.507 e. The summed E-state index contributed by atoms with van der Waals surface area (Å²) in [5.74, 6) is -0.545. The van der Waals surface area contributed by atoms with Gasteiger partial charge in [0.15, 0.2) is 0 Å². The molecule has 3 amide bonds. The van der Waals surface area contributed by atoms with Crippen molar-refractivity contribution in [1.29, 1.82) is 0 Å². The van der Waals surface area contributed by atoms with E-state index in [1.54, 1.807) is 30.0 Å². The van der Waals surface area contributed by atoms with Crippen molar-refractivity contribution in [2.45, 2.75) is 26.2 Å². The number of carbonyl (C=O) groups excluding carboxylic acids is 3. The van der Waals surface area contributed by atoms with E-state index in [1.807, 2.05) is 18.2 Å². The molecule has 0 aliphatic carbocycles. The summed E-state index contributed by atoms with van der Waals surface area (Å²) in [5.41, 5.74) is 1.25. The van der Waals surface area contributed by atoms with Crippen LogP contribution in [0, 0.1) is 5.92 Å². The number of hydrogen-bond donors (Lipinski definition) is 3. The van der Waals surface area contributed by atoms with E-state index in [4.69, 9.17) is 0 Å². The van der Waals surface area contributed by atoms with Crippen molar-refractivity contribution < 1.29 is 19.5 Å². The van der Waals surface area contributed by atoms with Gasteiger partial charge in [-0.15, -0.1) is 0 Å². The highest BCUT2D eigenvalue weighted by atomic mass is 16.3. The Morgan fingerprint density at radius 1 is 1.13 bits per heavy atom. The lowest BCUT2D eigenvalue weighted by molar-refractivity contribution is -0.115. The van der Waals surface area contributed by atoms with Crippen molar-refractivity contribution in [2.24, 2.45) is 5.92 Å². The fourth-order valence-electron chi connectivity index (χ4n) is 3.55. The van der Waals surface area contributed by atoms with Crippen LogP contribution in [0.5, 0.6) is 5.75 Å². The molecule has 1 saturated heterocycles. The van der Waals surface area contributed by atoms with Gasteiger partial charge in [-0.3, -0.25) is 14.4 Å². The number of rotatable bonds is 6. The quantitative estimate of drug-likeness (QED) is 0.639. The van der Waals surface area contributed by atoms with E-state index < -0.39 is 0 Å². The van der Waals surface area contributed by atoms with Gasteiger partial charge in [-0.2, -0.15) is 0 Å². The number of aromatic hydroxyl groups is 1. The number of benzene rings is 2. The molecule has 2 aromatic rings. The number of carbonyl (C=O) groups is 3. The second-order valence-electron chi connectivity index (χ2n) is 7.47. The first kappa shape index (κ1) is 21.4. The van der Waals surface area contributed by atoms with Crippen molar-refractivity contribution >= 4 is 23.4 Å². The number of nitrogens with one attached hydrogen (secondary N) is 2. The molecule has 30 heavy (non-hydrogen) atoms. The molecule has 3 N–H and O–H groups in total. The zero-order valence-corrected chi connectivity index (χ0v) is 17.1. The first-order valence-electron chi connectivity index (χ1n) is 10.2. The second-order valence-corrected chi connectivity index (χ2v) is 7.47. The van der Waals surface area contributed by atoms with Crippen LogP contribution in [0.3, 0.4) is 0 Å². The Hall–Kier alpha value is -3.35. The summed E-state index contributed by atoms with van der Waals surface area (Å²) < 4.78 is 0. The molecule has 7 heteroatoms. The van der Waals surface area contributed by atoms with Crippen molar-refractivity contribution in [2.75, 3.05) is 25.0 Å². The van der Waals surface area contributed by atoms with Crippen LogP contribution in [0.2, 0.25) is 0 Å². The molecule has 1 heterocycles. The third-order valence-electron chi connectivity index (χ3n) is 5.23. The summed E-state index contributed by atoms with van der Waals surface area (Å²) in [6.07, 6.45) is 2.06. The number of nitrogens with zero attached hydrogens (tertiary/aromatic N) is 1. The molecular weight excluding hydrogens is 382 g/mol. The topological polar surface area (TPSA) is 98.7 Å². The fourth-order valence-corrected chi connectivity index (χ4v) is 3.55. The van der Waals surface area contributed by atoms with Gasteiger partial charge >= 0.3 is 0 Å². The van der Waals surface area contributed by atoms with Crippen LogP contribution in [0.15, 0.2) is 48.5 Å². The van der Waals surface area contributed by atoms with Gasteiger partial charge in [0, 0.05) is 37.3 Å². The molecular formula is C23H27N3O4. The summed E-state index contributed by atoms with van der Waals surface area (Å²) in [6.45, 7) is 3.31. The van der Waals surface area contributed by atoms with E-state index in [1.165, 1.54) is 12.1 Å². The van der Waals surface area contributed by atoms with Crippen LogP contribution >= 0.6 is 0 Å². The number of anilines is 1. The summed E-state index contributed by atoms with van der Waals surface area (Å²) in [4.78, 5) is 38.6. The van der Waals surface area contributed by atoms with E-state index in [2.05, 4.69) is 10.6 Å². The number of likely N-dealkylation sites (tertiary alicyclic amines) is 1. The number of piperidine rings is 1. The second kappa shape index (κ2) is 9.91. The van der Waals surface area contributed by atoms with Gasteiger partial charge in [-0.1, -0.05) is 25.1 Å². The average Bonchev–Trinajstić information content (AvgIpc) is 2.79. The minimum atomic E-state index is -0.279. The highest BCUT2D eigenvalue weighted by Gasteiger charge is 2.26. The molecule has 0 aromatic heterocycles. The summed E-state index contributed by atoms with van der Waals surface area (Å²) in [6, 6.07) is 13.5. The average molecular weight is 409 g/mol. The molecule has 158 valence electrons. The van der Waals surface area contributed by atoms with Gasteiger partial charge in [-0.05, 0) is 49.1 Å². The summed E-state index contributed by atoms with van der Waals surface area (Å²) >= 11 is 0. The zero-order chi connectivity index (χ0) is 21.5. The van der Waals surface area contributed by atoms with E-state index in [0.29, 0.717) is 37.3 Å². The third-order valence-corrected chi connectivity index (χ3v) is 5.23. The van der Waals surface area contributed by atoms with Gasteiger partial charge in [-0.25, -0.2) is 0 Å². The van der Waals surface area contributed by atoms with Crippen molar-refractivity contribution in [3.63, 3.8) is 0 Å².